The van der Waals surface area contributed by atoms with E-state index in [9.17, 15) is 0 Å². The van der Waals surface area contributed by atoms with Crippen molar-refractivity contribution in [3.8, 4) is 0 Å². The molecule has 1 aromatic heterocycles. The lowest BCUT2D eigenvalue weighted by Crippen LogP contribution is -2.27. The summed E-state index contributed by atoms with van der Waals surface area (Å²) in [6.45, 7) is 1.97. The molecule has 0 radical (unpaired) electrons. The Hall–Kier alpha value is -1.26. The molecule has 21 heavy (non-hydrogen) atoms. The molecule has 0 spiro atoms. The smallest absolute Gasteiger partial charge is 0.133 e. The fourth-order valence-corrected chi connectivity index (χ4v) is 3.47. The van der Waals surface area contributed by atoms with Gasteiger partial charge in [-0.25, -0.2) is 9.97 Å². The van der Waals surface area contributed by atoms with Crippen molar-refractivity contribution >= 4 is 15.9 Å². The molecule has 1 aliphatic carbocycles. The van der Waals surface area contributed by atoms with Gasteiger partial charge in [0.25, 0.3) is 0 Å². The standard InChI is InChI=1S/C17H18BrN3/c18-13-3-1-2-11(8-13)9-16-20-15-6-7-19-10-14(15)17(21-16)12-4-5-12/h1-3,8,12,19H,4-7,9-10H2. The van der Waals surface area contributed by atoms with E-state index in [1.165, 1.54) is 35.4 Å². The Labute approximate surface area is 133 Å². The van der Waals surface area contributed by atoms with Gasteiger partial charge in [-0.05, 0) is 30.5 Å². The lowest BCUT2D eigenvalue weighted by molar-refractivity contribution is 0.610. The first-order chi connectivity index (χ1) is 10.3. The van der Waals surface area contributed by atoms with Crippen molar-refractivity contribution in [2.45, 2.75) is 38.1 Å². The van der Waals surface area contributed by atoms with E-state index in [4.69, 9.17) is 9.97 Å². The van der Waals surface area contributed by atoms with Crippen LogP contribution >= 0.6 is 15.9 Å². The molecule has 0 saturated heterocycles. The van der Waals surface area contributed by atoms with Crippen LogP contribution in [0.1, 0.15) is 47.1 Å². The second-order valence-corrected chi connectivity index (χ2v) is 6.87. The summed E-state index contributed by atoms with van der Waals surface area (Å²) >= 11 is 3.53. The summed E-state index contributed by atoms with van der Waals surface area (Å²) < 4.78 is 1.12. The lowest BCUT2D eigenvalue weighted by Gasteiger charge is -2.20. The molecule has 1 aromatic carbocycles. The van der Waals surface area contributed by atoms with Crippen LogP contribution in [-0.4, -0.2) is 16.5 Å². The first-order valence-corrected chi connectivity index (χ1v) is 8.42. The van der Waals surface area contributed by atoms with Gasteiger partial charge in [-0.2, -0.15) is 0 Å². The van der Waals surface area contributed by atoms with E-state index >= 15 is 0 Å². The van der Waals surface area contributed by atoms with Gasteiger partial charge < -0.3 is 5.32 Å². The highest BCUT2D eigenvalue weighted by Gasteiger charge is 2.30. The van der Waals surface area contributed by atoms with Crippen molar-refractivity contribution in [3.05, 3.63) is 57.1 Å². The van der Waals surface area contributed by atoms with Crippen LogP contribution in [0.5, 0.6) is 0 Å². The molecule has 4 rings (SSSR count). The van der Waals surface area contributed by atoms with E-state index < -0.39 is 0 Å². The highest BCUT2D eigenvalue weighted by atomic mass is 79.9. The minimum atomic E-state index is 0.683. The first-order valence-electron chi connectivity index (χ1n) is 7.63. The van der Waals surface area contributed by atoms with Gasteiger partial charge in [-0.15, -0.1) is 0 Å². The minimum absolute atomic E-state index is 0.683. The van der Waals surface area contributed by atoms with Gasteiger partial charge in [0, 0.05) is 41.9 Å². The number of fused-ring (bicyclic) bond motifs is 1. The second kappa shape index (κ2) is 5.50. The lowest BCUT2D eigenvalue weighted by atomic mass is 10.0. The molecule has 1 fully saturated rings. The van der Waals surface area contributed by atoms with E-state index in [2.05, 4.69) is 45.5 Å². The number of hydrogen-bond donors (Lipinski definition) is 1. The molecule has 3 nitrogen and oxygen atoms in total. The molecular formula is C17H18BrN3. The number of hydrogen-bond acceptors (Lipinski definition) is 3. The average Bonchev–Trinajstić information content (AvgIpc) is 3.31. The maximum absolute atomic E-state index is 4.91. The summed E-state index contributed by atoms with van der Waals surface area (Å²) in [5, 5.41) is 3.45. The van der Waals surface area contributed by atoms with Crippen molar-refractivity contribution < 1.29 is 0 Å². The topological polar surface area (TPSA) is 37.8 Å². The normalized spacial score (nSPS) is 17.6. The quantitative estimate of drug-likeness (QED) is 0.928. The van der Waals surface area contributed by atoms with Crippen LogP contribution in [0.15, 0.2) is 28.7 Å². The number of rotatable bonds is 3. The number of nitrogens with zero attached hydrogens (tertiary/aromatic N) is 2. The zero-order chi connectivity index (χ0) is 14.2. The third-order valence-corrected chi connectivity index (χ3v) is 4.72. The minimum Gasteiger partial charge on any atom is -0.312 e. The average molecular weight is 344 g/mol. The number of benzene rings is 1. The van der Waals surface area contributed by atoms with E-state index in [1.54, 1.807) is 0 Å². The van der Waals surface area contributed by atoms with E-state index in [0.717, 1.165) is 36.2 Å². The fraction of sp³-hybridized carbons (Fsp3) is 0.412. The monoisotopic (exact) mass is 343 g/mol. The summed E-state index contributed by atoms with van der Waals surface area (Å²) in [4.78, 5) is 9.75. The van der Waals surface area contributed by atoms with Crippen LogP contribution < -0.4 is 5.32 Å². The Morgan fingerprint density at radius 2 is 2.14 bits per heavy atom. The predicted octanol–water partition coefficient (Wildman–Crippen LogP) is 3.35. The van der Waals surface area contributed by atoms with Crippen molar-refractivity contribution in [1.29, 1.82) is 0 Å². The second-order valence-electron chi connectivity index (χ2n) is 5.96. The highest BCUT2D eigenvalue weighted by molar-refractivity contribution is 9.10. The maximum atomic E-state index is 4.91. The molecule has 2 aromatic rings. The Bertz CT molecular complexity index is 680. The van der Waals surface area contributed by atoms with Crippen LogP contribution in [0.25, 0.3) is 0 Å². The van der Waals surface area contributed by atoms with Gasteiger partial charge >= 0.3 is 0 Å². The molecule has 2 aliphatic rings. The first kappa shape index (κ1) is 13.4. The van der Waals surface area contributed by atoms with Crippen LogP contribution in [0, 0.1) is 0 Å². The van der Waals surface area contributed by atoms with Gasteiger partial charge in [0.1, 0.15) is 5.82 Å². The predicted molar refractivity (Wildman–Crippen MR) is 86.4 cm³/mol. The van der Waals surface area contributed by atoms with Crippen molar-refractivity contribution in [2.75, 3.05) is 6.54 Å². The molecular weight excluding hydrogens is 326 g/mol. The molecule has 4 heteroatoms. The molecule has 108 valence electrons. The van der Waals surface area contributed by atoms with Crippen LogP contribution in [0.3, 0.4) is 0 Å². The summed E-state index contributed by atoms with van der Waals surface area (Å²) in [5.41, 5.74) is 5.23. The Morgan fingerprint density at radius 3 is 2.95 bits per heavy atom. The Kier molecular flexibility index (Phi) is 3.51. The van der Waals surface area contributed by atoms with Crippen molar-refractivity contribution in [2.24, 2.45) is 0 Å². The zero-order valence-electron chi connectivity index (χ0n) is 11.9. The van der Waals surface area contributed by atoms with Gasteiger partial charge in [-0.1, -0.05) is 28.1 Å². The summed E-state index contributed by atoms with van der Waals surface area (Å²) in [6, 6.07) is 8.43. The van der Waals surface area contributed by atoms with Gasteiger partial charge in [0.05, 0.1) is 11.4 Å². The SMILES string of the molecule is Brc1cccc(Cc2nc3c(c(C4CC4)n2)CNCC3)c1. The van der Waals surface area contributed by atoms with E-state index in [0.29, 0.717) is 5.92 Å². The van der Waals surface area contributed by atoms with Crippen molar-refractivity contribution in [1.82, 2.24) is 15.3 Å². The number of halogens is 1. The Morgan fingerprint density at radius 1 is 1.24 bits per heavy atom. The zero-order valence-corrected chi connectivity index (χ0v) is 13.5. The van der Waals surface area contributed by atoms with Gasteiger partial charge in [0.2, 0.25) is 0 Å². The summed E-state index contributed by atoms with van der Waals surface area (Å²) in [6.07, 6.45) is 4.43. The van der Waals surface area contributed by atoms with E-state index in [-0.39, 0.29) is 0 Å². The largest absolute Gasteiger partial charge is 0.312 e. The molecule has 1 N–H and O–H groups in total. The number of nitrogens with one attached hydrogen (secondary N) is 1. The van der Waals surface area contributed by atoms with Gasteiger partial charge in [-0.3, -0.25) is 0 Å². The fourth-order valence-electron chi connectivity index (χ4n) is 3.03. The van der Waals surface area contributed by atoms with Crippen LogP contribution in [0.4, 0.5) is 0 Å². The summed E-state index contributed by atoms with van der Waals surface area (Å²) in [5.74, 6) is 1.67. The highest BCUT2D eigenvalue weighted by Crippen LogP contribution is 2.41. The molecule has 1 saturated carbocycles. The molecule has 0 amide bonds. The summed E-state index contributed by atoms with van der Waals surface area (Å²) in [7, 11) is 0. The number of aromatic nitrogens is 2. The third kappa shape index (κ3) is 2.87. The molecule has 0 unspecified atom stereocenters. The Balaban J connectivity index is 1.70. The van der Waals surface area contributed by atoms with Crippen LogP contribution in [-0.2, 0) is 19.4 Å². The molecule has 0 atom stereocenters. The third-order valence-electron chi connectivity index (χ3n) is 4.23. The molecule has 0 bridgehead atoms. The van der Waals surface area contributed by atoms with Crippen LogP contribution in [0.2, 0.25) is 0 Å². The van der Waals surface area contributed by atoms with Gasteiger partial charge in [0.15, 0.2) is 0 Å². The maximum Gasteiger partial charge on any atom is 0.133 e. The van der Waals surface area contributed by atoms with E-state index in [1.807, 2.05) is 0 Å². The molecule has 1 aliphatic heterocycles. The van der Waals surface area contributed by atoms with Crippen molar-refractivity contribution in [3.63, 3.8) is 0 Å². The molecule has 2 heterocycles.